The zero-order valence-electron chi connectivity index (χ0n) is 19.1. The lowest BCUT2D eigenvalue weighted by atomic mass is 10.0. The van der Waals surface area contributed by atoms with Crippen molar-refractivity contribution in [2.24, 2.45) is 5.92 Å². The fourth-order valence-electron chi connectivity index (χ4n) is 4.37. The molecule has 38 heavy (non-hydrogen) atoms. The summed E-state index contributed by atoms with van der Waals surface area (Å²) in [6.45, 7) is 0.175. The van der Waals surface area contributed by atoms with Gasteiger partial charge in [-0.1, -0.05) is 17.3 Å². The Morgan fingerprint density at radius 3 is 2.45 bits per heavy atom. The van der Waals surface area contributed by atoms with Crippen LogP contribution in [-0.4, -0.2) is 63.2 Å². The molecule has 3 heterocycles. The fraction of sp³-hybridized carbons (Fsp3) is 0.304. The number of nitrogens with zero attached hydrogens (tertiary/aromatic N) is 4. The van der Waals surface area contributed by atoms with Gasteiger partial charge in [-0.25, -0.2) is 4.79 Å². The largest absolute Gasteiger partial charge is 0.573 e. The van der Waals surface area contributed by atoms with Gasteiger partial charge in [-0.05, 0) is 35.4 Å². The van der Waals surface area contributed by atoms with E-state index in [0.29, 0.717) is 11.1 Å². The lowest BCUT2D eigenvalue weighted by Gasteiger charge is -2.21. The van der Waals surface area contributed by atoms with Gasteiger partial charge >= 0.3 is 18.6 Å². The molecule has 9 nitrogen and oxygen atoms in total. The number of H-pyrrole nitrogens is 1. The first kappa shape index (κ1) is 25.4. The average molecular weight is 541 g/mol. The number of hydrogen-bond donors (Lipinski definition) is 1. The normalized spacial score (nSPS) is 17.5. The number of hydrogen-bond acceptors (Lipinski definition) is 6. The number of likely N-dealkylation sites (tertiary alicyclic amines) is 1. The fourth-order valence-corrected chi connectivity index (χ4v) is 4.37. The summed E-state index contributed by atoms with van der Waals surface area (Å²) >= 11 is 0. The molecule has 1 aromatic heterocycles. The number of fused-ring (bicyclic) bond motifs is 2. The van der Waals surface area contributed by atoms with Crippen LogP contribution in [0.4, 0.5) is 31.1 Å². The molecule has 2 aliphatic heterocycles. The second-order valence-corrected chi connectivity index (χ2v) is 8.71. The van der Waals surface area contributed by atoms with Gasteiger partial charge in [0.05, 0.1) is 16.6 Å². The average Bonchev–Trinajstić information content (AvgIpc) is 3.55. The minimum Gasteiger partial charge on any atom is -0.445 e. The summed E-state index contributed by atoms with van der Waals surface area (Å²) in [7, 11) is 0. The summed E-state index contributed by atoms with van der Waals surface area (Å²) in [5.74, 6) is -1.54. The van der Waals surface area contributed by atoms with E-state index in [1.165, 1.54) is 28.1 Å². The van der Waals surface area contributed by atoms with Crippen molar-refractivity contribution in [2.75, 3.05) is 19.6 Å². The number of halogens is 6. The Morgan fingerprint density at radius 2 is 1.79 bits per heavy atom. The van der Waals surface area contributed by atoms with Gasteiger partial charge in [-0.15, -0.1) is 18.3 Å². The Balaban J connectivity index is 1.21. The van der Waals surface area contributed by atoms with Gasteiger partial charge in [0.25, 0.3) is 5.91 Å². The SMILES string of the molecule is O=C(c1cc2nn[nH]c2cc1C(F)(F)F)N1C=C2CN(C(=O)OCc3ccc(OC(F)(F)F)cc3)C[C@@H]2C1. The van der Waals surface area contributed by atoms with Crippen molar-refractivity contribution in [1.82, 2.24) is 25.2 Å². The molecule has 2 aliphatic rings. The van der Waals surface area contributed by atoms with Gasteiger partial charge in [-0.3, -0.25) is 9.89 Å². The highest BCUT2D eigenvalue weighted by molar-refractivity contribution is 6.00. The van der Waals surface area contributed by atoms with Crippen LogP contribution < -0.4 is 4.74 Å². The molecular formula is C23H17F6N5O4. The van der Waals surface area contributed by atoms with E-state index in [2.05, 4.69) is 20.1 Å². The lowest BCUT2D eigenvalue weighted by Crippen LogP contribution is -2.33. The first-order valence-corrected chi connectivity index (χ1v) is 11.1. The predicted octanol–water partition coefficient (Wildman–Crippen LogP) is 4.48. The predicted molar refractivity (Wildman–Crippen MR) is 116 cm³/mol. The summed E-state index contributed by atoms with van der Waals surface area (Å²) < 4.78 is 86.7. The van der Waals surface area contributed by atoms with E-state index in [0.717, 1.165) is 24.3 Å². The maximum atomic E-state index is 13.6. The van der Waals surface area contributed by atoms with Crippen molar-refractivity contribution in [1.29, 1.82) is 0 Å². The molecule has 3 aromatic rings. The molecular weight excluding hydrogens is 524 g/mol. The number of rotatable bonds is 4. The molecule has 15 heteroatoms. The number of aromatic amines is 1. The van der Waals surface area contributed by atoms with Gasteiger partial charge < -0.3 is 19.3 Å². The Bertz CT molecular complexity index is 1420. The van der Waals surface area contributed by atoms with Crippen molar-refractivity contribution in [3.63, 3.8) is 0 Å². The van der Waals surface area contributed by atoms with Crippen LogP contribution in [0.2, 0.25) is 0 Å². The molecule has 0 saturated carbocycles. The van der Waals surface area contributed by atoms with Crippen LogP contribution in [0.15, 0.2) is 48.2 Å². The molecule has 0 unspecified atom stereocenters. The molecule has 5 rings (SSSR count). The van der Waals surface area contributed by atoms with Crippen LogP contribution in [0.1, 0.15) is 21.5 Å². The Labute approximate surface area is 209 Å². The van der Waals surface area contributed by atoms with E-state index < -0.39 is 41.4 Å². The topological polar surface area (TPSA) is 101 Å². The van der Waals surface area contributed by atoms with Crippen LogP contribution >= 0.6 is 0 Å². The minimum absolute atomic E-state index is 0.0465. The summed E-state index contributed by atoms with van der Waals surface area (Å²) in [4.78, 5) is 28.1. The van der Waals surface area contributed by atoms with Crippen LogP contribution in [0.3, 0.4) is 0 Å². The number of ether oxygens (including phenoxy) is 2. The highest BCUT2D eigenvalue weighted by Crippen LogP contribution is 2.36. The first-order chi connectivity index (χ1) is 17.9. The number of carbonyl (C=O) groups is 2. The standard InChI is InChI=1S/C23H17F6N5O4/c24-22(25,26)17-6-19-18(30-32-31-19)5-16(17)20(35)33-7-13-9-34(10-14(13)8-33)21(36)37-11-12-1-3-15(4-2-12)38-23(27,28)29/h1-7,14H,8-11H2,(H,30,31,32)/t14-/m0/s1. The maximum absolute atomic E-state index is 13.6. The van der Waals surface area contributed by atoms with E-state index in [4.69, 9.17) is 4.74 Å². The van der Waals surface area contributed by atoms with Crippen LogP contribution in [0, 0.1) is 5.92 Å². The molecule has 2 amide bonds. The number of carbonyl (C=O) groups excluding carboxylic acids is 2. The second kappa shape index (κ2) is 9.22. The molecule has 0 radical (unpaired) electrons. The number of nitrogens with one attached hydrogen (secondary N) is 1. The van der Waals surface area contributed by atoms with E-state index in [1.807, 2.05) is 0 Å². The Kier molecular flexibility index (Phi) is 6.15. The molecule has 0 aliphatic carbocycles. The van der Waals surface area contributed by atoms with Gasteiger partial charge in [0.1, 0.15) is 17.9 Å². The minimum atomic E-state index is -4.82. The highest BCUT2D eigenvalue weighted by atomic mass is 19.4. The van der Waals surface area contributed by atoms with Crippen LogP contribution in [0.25, 0.3) is 11.0 Å². The molecule has 2 aromatic carbocycles. The number of benzene rings is 2. The highest BCUT2D eigenvalue weighted by Gasteiger charge is 2.41. The first-order valence-electron chi connectivity index (χ1n) is 11.1. The zero-order valence-corrected chi connectivity index (χ0v) is 19.1. The van der Waals surface area contributed by atoms with E-state index >= 15 is 0 Å². The van der Waals surface area contributed by atoms with Gasteiger partial charge in [0.2, 0.25) is 0 Å². The van der Waals surface area contributed by atoms with Gasteiger partial charge in [-0.2, -0.15) is 13.2 Å². The smallest absolute Gasteiger partial charge is 0.445 e. The van der Waals surface area contributed by atoms with Gasteiger partial charge in [0, 0.05) is 31.8 Å². The lowest BCUT2D eigenvalue weighted by molar-refractivity contribution is -0.274. The van der Waals surface area contributed by atoms with Crippen molar-refractivity contribution in [2.45, 2.75) is 19.1 Å². The van der Waals surface area contributed by atoms with Crippen LogP contribution in [-0.2, 0) is 17.5 Å². The molecule has 1 atom stereocenters. The van der Waals surface area contributed by atoms with Crippen molar-refractivity contribution < 1.29 is 45.4 Å². The number of amides is 2. The summed E-state index contributed by atoms with van der Waals surface area (Å²) in [5, 5.41) is 9.51. The van der Waals surface area contributed by atoms with E-state index in [1.54, 1.807) is 0 Å². The van der Waals surface area contributed by atoms with Gasteiger partial charge in [0.15, 0.2) is 0 Å². The number of alkyl halides is 6. The Morgan fingerprint density at radius 1 is 1.05 bits per heavy atom. The van der Waals surface area contributed by atoms with Crippen molar-refractivity contribution in [3.8, 4) is 5.75 Å². The second-order valence-electron chi connectivity index (χ2n) is 8.71. The van der Waals surface area contributed by atoms with Crippen molar-refractivity contribution in [3.05, 3.63) is 64.9 Å². The van der Waals surface area contributed by atoms with Crippen LogP contribution in [0.5, 0.6) is 5.75 Å². The van der Waals surface area contributed by atoms with E-state index in [-0.39, 0.29) is 43.2 Å². The maximum Gasteiger partial charge on any atom is 0.573 e. The monoisotopic (exact) mass is 541 g/mol. The third-order valence-corrected chi connectivity index (χ3v) is 6.12. The molecule has 1 fully saturated rings. The van der Waals surface area contributed by atoms with E-state index in [9.17, 15) is 35.9 Å². The third kappa shape index (κ3) is 5.21. The third-order valence-electron chi connectivity index (χ3n) is 6.12. The quantitative estimate of drug-likeness (QED) is 0.489. The summed E-state index contributed by atoms with van der Waals surface area (Å²) in [6, 6.07) is 6.68. The number of aromatic nitrogens is 3. The molecule has 1 N–H and O–H groups in total. The molecule has 0 bridgehead atoms. The summed E-state index contributed by atoms with van der Waals surface area (Å²) in [5.41, 5.74) is -0.388. The zero-order chi connectivity index (χ0) is 27.2. The molecule has 1 saturated heterocycles. The Hall–Kier alpha value is -4.30. The summed E-state index contributed by atoms with van der Waals surface area (Å²) in [6.07, 6.45) is -8.84. The molecule has 0 spiro atoms. The van der Waals surface area contributed by atoms with Crippen molar-refractivity contribution >= 4 is 23.0 Å². The molecule has 200 valence electrons.